The first-order chi connectivity index (χ1) is 13.9. The average Bonchev–Trinajstić information content (AvgIpc) is 3.12. The van der Waals surface area contributed by atoms with Crippen LogP contribution in [0.4, 0.5) is 10.1 Å². The van der Waals surface area contributed by atoms with Crippen LogP contribution in [0.1, 0.15) is 5.56 Å². The molecular weight excluding hydrogens is 417 g/mol. The largest absolute Gasteiger partial charge is 0.276 e. The molecule has 0 bridgehead atoms. The highest BCUT2D eigenvalue weighted by atomic mass is 35.5. The van der Waals surface area contributed by atoms with Gasteiger partial charge in [-0.25, -0.2) is 22.3 Å². The maximum atomic E-state index is 13.1. The molecule has 29 heavy (non-hydrogen) atoms. The molecule has 0 fully saturated rings. The van der Waals surface area contributed by atoms with E-state index in [1.54, 1.807) is 22.8 Å². The molecule has 1 aromatic carbocycles. The standard InChI is InChI=1S/C19H11ClFN5O2S/c20-19-17(25-29(27,28)16-3-1-15(21)2-4-16)7-13(10-23-19)12-5-6-26-18(8-12)14(9-22)11-24-26/h1-8,10-11,25H. The van der Waals surface area contributed by atoms with E-state index in [0.29, 0.717) is 22.2 Å². The molecule has 0 saturated heterocycles. The van der Waals surface area contributed by atoms with E-state index in [4.69, 9.17) is 11.6 Å². The van der Waals surface area contributed by atoms with Gasteiger partial charge in [0, 0.05) is 18.0 Å². The third-order valence-corrected chi connectivity index (χ3v) is 5.87. The summed E-state index contributed by atoms with van der Waals surface area (Å²) in [7, 11) is -3.99. The maximum absolute atomic E-state index is 13.1. The van der Waals surface area contributed by atoms with Gasteiger partial charge in [0.05, 0.1) is 27.9 Å². The van der Waals surface area contributed by atoms with E-state index in [-0.39, 0.29) is 15.7 Å². The van der Waals surface area contributed by atoms with Crippen molar-refractivity contribution in [2.24, 2.45) is 0 Å². The smallest absolute Gasteiger partial charge is 0.261 e. The number of aromatic nitrogens is 3. The Bertz CT molecular complexity index is 1380. The highest BCUT2D eigenvalue weighted by Gasteiger charge is 2.17. The summed E-state index contributed by atoms with van der Waals surface area (Å²) in [5, 5.41) is 13.2. The predicted octanol–water partition coefficient (Wildman–Crippen LogP) is 3.86. The molecule has 0 aliphatic heterocycles. The molecule has 4 aromatic rings. The van der Waals surface area contributed by atoms with Gasteiger partial charge in [-0.1, -0.05) is 11.6 Å². The van der Waals surface area contributed by atoms with Crippen LogP contribution in [0.15, 0.2) is 66.0 Å². The molecule has 0 amide bonds. The van der Waals surface area contributed by atoms with E-state index in [1.807, 2.05) is 0 Å². The normalized spacial score (nSPS) is 11.3. The van der Waals surface area contributed by atoms with E-state index in [1.165, 1.54) is 18.5 Å². The van der Waals surface area contributed by atoms with Crippen molar-refractivity contribution >= 4 is 32.8 Å². The molecule has 0 aliphatic carbocycles. The Morgan fingerprint density at radius 1 is 1.10 bits per heavy atom. The minimum atomic E-state index is -3.99. The van der Waals surface area contributed by atoms with Gasteiger partial charge in [0.15, 0.2) is 5.15 Å². The zero-order valence-corrected chi connectivity index (χ0v) is 16.1. The Balaban J connectivity index is 1.73. The molecule has 144 valence electrons. The molecule has 0 atom stereocenters. The van der Waals surface area contributed by atoms with Crippen LogP contribution in [0.5, 0.6) is 0 Å². The van der Waals surface area contributed by atoms with E-state index < -0.39 is 15.8 Å². The number of fused-ring (bicyclic) bond motifs is 1. The number of pyridine rings is 2. The van der Waals surface area contributed by atoms with Crippen LogP contribution < -0.4 is 4.72 Å². The second-order valence-corrected chi connectivity index (χ2v) is 8.08. The number of nitrogens with one attached hydrogen (secondary N) is 1. The van der Waals surface area contributed by atoms with E-state index in [9.17, 15) is 18.1 Å². The molecular formula is C19H11ClFN5O2S. The SMILES string of the molecule is N#Cc1cnn2ccc(-c3cnc(Cl)c(NS(=O)(=O)c4ccc(F)cc4)c3)cc12. The van der Waals surface area contributed by atoms with Gasteiger partial charge in [-0.05, 0) is 48.0 Å². The Morgan fingerprint density at radius 2 is 1.86 bits per heavy atom. The van der Waals surface area contributed by atoms with E-state index in [0.717, 1.165) is 24.3 Å². The fourth-order valence-corrected chi connectivity index (χ4v) is 4.01. The summed E-state index contributed by atoms with van der Waals surface area (Å²) in [4.78, 5) is 3.94. The van der Waals surface area contributed by atoms with Gasteiger partial charge in [-0.2, -0.15) is 10.4 Å². The number of hydrogen-bond donors (Lipinski definition) is 1. The number of benzene rings is 1. The lowest BCUT2D eigenvalue weighted by Crippen LogP contribution is -2.13. The minimum Gasteiger partial charge on any atom is -0.276 e. The second kappa shape index (κ2) is 7.16. The summed E-state index contributed by atoms with van der Waals surface area (Å²) >= 11 is 6.07. The first-order valence-electron chi connectivity index (χ1n) is 8.19. The average molecular weight is 428 g/mol. The van der Waals surface area contributed by atoms with Crippen molar-refractivity contribution in [3.05, 3.63) is 77.6 Å². The summed E-state index contributed by atoms with van der Waals surface area (Å²) in [5.74, 6) is -0.544. The predicted molar refractivity (Wildman–Crippen MR) is 105 cm³/mol. The zero-order valence-electron chi connectivity index (χ0n) is 14.5. The molecule has 3 heterocycles. The molecule has 0 radical (unpaired) electrons. The summed E-state index contributed by atoms with van der Waals surface area (Å²) < 4.78 is 42.1. The van der Waals surface area contributed by atoms with Gasteiger partial charge >= 0.3 is 0 Å². The van der Waals surface area contributed by atoms with Gasteiger partial charge in [-0.15, -0.1) is 0 Å². The van der Waals surface area contributed by atoms with Crippen molar-refractivity contribution in [3.8, 4) is 17.2 Å². The van der Waals surface area contributed by atoms with Gasteiger partial charge in [0.25, 0.3) is 10.0 Å². The highest BCUT2D eigenvalue weighted by molar-refractivity contribution is 7.92. The topological polar surface area (TPSA) is 100 Å². The van der Waals surface area contributed by atoms with Crippen molar-refractivity contribution < 1.29 is 12.8 Å². The summed E-state index contributed by atoms with van der Waals surface area (Å²) in [6.45, 7) is 0. The number of nitrogens with zero attached hydrogens (tertiary/aromatic N) is 4. The lowest BCUT2D eigenvalue weighted by Gasteiger charge is -2.11. The van der Waals surface area contributed by atoms with Crippen LogP contribution >= 0.6 is 11.6 Å². The fraction of sp³-hybridized carbons (Fsp3) is 0. The van der Waals surface area contributed by atoms with Crippen molar-refractivity contribution in [2.75, 3.05) is 4.72 Å². The molecule has 3 aromatic heterocycles. The quantitative estimate of drug-likeness (QED) is 0.498. The monoisotopic (exact) mass is 427 g/mol. The van der Waals surface area contributed by atoms with Crippen molar-refractivity contribution in [3.63, 3.8) is 0 Å². The first-order valence-corrected chi connectivity index (χ1v) is 10.1. The number of hydrogen-bond acceptors (Lipinski definition) is 5. The number of anilines is 1. The fourth-order valence-electron chi connectivity index (χ4n) is 2.74. The van der Waals surface area contributed by atoms with Gasteiger partial charge in [0.2, 0.25) is 0 Å². The molecule has 10 heteroatoms. The van der Waals surface area contributed by atoms with Gasteiger partial charge < -0.3 is 0 Å². The molecule has 7 nitrogen and oxygen atoms in total. The molecule has 0 unspecified atom stereocenters. The Morgan fingerprint density at radius 3 is 2.59 bits per heavy atom. The van der Waals surface area contributed by atoms with Crippen LogP contribution in [-0.4, -0.2) is 23.0 Å². The molecule has 0 spiro atoms. The van der Waals surface area contributed by atoms with Crippen LogP contribution in [-0.2, 0) is 10.0 Å². The van der Waals surface area contributed by atoms with E-state index >= 15 is 0 Å². The summed E-state index contributed by atoms with van der Waals surface area (Å²) in [6.07, 6.45) is 4.64. The van der Waals surface area contributed by atoms with Crippen LogP contribution in [0.2, 0.25) is 5.15 Å². The number of rotatable bonds is 4. The van der Waals surface area contributed by atoms with Crippen LogP contribution in [0.3, 0.4) is 0 Å². The number of sulfonamides is 1. The molecule has 1 N–H and O–H groups in total. The Kier molecular flexibility index (Phi) is 4.66. The van der Waals surface area contributed by atoms with Crippen molar-refractivity contribution in [1.29, 1.82) is 5.26 Å². The minimum absolute atomic E-state index is 0.0393. The molecule has 0 aliphatic rings. The van der Waals surface area contributed by atoms with Crippen LogP contribution in [0.25, 0.3) is 16.6 Å². The Hall–Kier alpha value is -3.48. The number of halogens is 2. The van der Waals surface area contributed by atoms with Crippen LogP contribution in [0, 0.1) is 17.1 Å². The van der Waals surface area contributed by atoms with Crippen molar-refractivity contribution in [1.82, 2.24) is 14.6 Å². The number of nitriles is 1. The third-order valence-electron chi connectivity index (χ3n) is 4.18. The Labute approximate surface area is 170 Å². The van der Waals surface area contributed by atoms with E-state index in [2.05, 4.69) is 20.9 Å². The zero-order chi connectivity index (χ0) is 20.6. The summed E-state index contributed by atoms with van der Waals surface area (Å²) in [6, 6.07) is 11.5. The highest BCUT2D eigenvalue weighted by Crippen LogP contribution is 2.29. The lowest BCUT2D eigenvalue weighted by molar-refractivity contribution is 0.599. The van der Waals surface area contributed by atoms with Gasteiger partial charge in [-0.3, -0.25) is 4.72 Å². The lowest BCUT2D eigenvalue weighted by atomic mass is 10.1. The third kappa shape index (κ3) is 3.63. The first kappa shape index (κ1) is 18.9. The second-order valence-electron chi connectivity index (χ2n) is 6.04. The van der Waals surface area contributed by atoms with Gasteiger partial charge in [0.1, 0.15) is 11.9 Å². The maximum Gasteiger partial charge on any atom is 0.261 e. The molecule has 4 rings (SSSR count). The van der Waals surface area contributed by atoms with Crippen molar-refractivity contribution in [2.45, 2.75) is 4.90 Å². The molecule has 0 saturated carbocycles. The summed E-state index contributed by atoms with van der Waals surface area (Å²) in [5.41, 5.74) is 2.36.